The third-order valence-corrected chi connectivity index (χ3v) is 3.74. The maximum atomic E-state index is 12.3. The lowest BCUT2D eigenvalue weighted by Crippen LogP contribution is -2.62. The Kier molecular flexibility index (Phi) is 4.51. The number of carbonyl (C=O) groups is 1. The van der Waals surface area contributed by atoms with E-state index in [1.807, 2.05) is 18.7 Å². The molecule has 1 aliphatic heterocycles. The standard InChI is InChI=1S/C13H21ClN6O/c1-5-6-15-11-16-10(14)17-12(18-11)20-8-7-19(4)9(21)13(20,2)3/h5-8H2,1-4H3,(H,15,16,17,18). The van der Waals surface area contributed by atoms with Crippen LogP contribution in [0.5, 0.6) is 0 Å². The van der Waals surface area contributed by atoms with E-state index in [0.29, 0.717) is 25.0 Å². The van der Waals surface area contributed by atoms with Crippen molar-refractivity contribution in [3.63, 3.8) is 0 Å². The van der Waals surface area contributed by atoms with Crippen LogP contribution in [0.3, 0.4) is 0 Å². The molecular formula is C13H21ClN6O. The summed E-state index contributed by atoms with van der Waals surface area (Å²) < 4.78 is 0. The predicted octanol–water partition coefficient (Wildman–Crippen LogP) is 1.40. The first-order valence-electron chi connectivity index (χ1n) is 7.05. The molecule has 21 heavy (non-hydrogen) atoms. The SMILES string of the molecule is CCCNc1nc(Cl)nc(N2CCN(C)C(=O)C2(C)C)n1. The molecule has 0 spiro atoms. The average molecular weight is 313 g/mol. The van der Waals surface area contributed by atoms with Crippen LogP contribution in [0.1, 0.15) is 27.2 Å². The molecule has 0 aromatic carbocycles. The van der Waals surface area contributed by atoms with E-state index in [-0.39, 0.29) is 11.2 Å². The summed E-state index contributed by atoms with van der Waals surface area (Å²) in [6, 6.07) is 0. The van der Waals surface area contributed by atoms with Crippen molar-refractivity contribution in [2.45, 2.75) is 32.7 Å². The second-order valence-electron chi connectivity index (χ2n) is 5.59. The van der Waals surface area contributed by atoms with Crippen molar-refractivity contribution in [3.8, 4) is 0 Å². The summed E-state index contributed by atoms with van der Waals surface area (Å²) in [6.45, 7) is 7.82. The predicted molar refractivity (Wildman–Crippen MR) is 82.7 cm³/mol. The number of aromatic nitrogens is 3. The highest BCUT2D eigenvalue weighted by Crippen LogP contribution is 2.27. The van der Waals surface area contributed by atoms with Gasteiger partial charge in [-0.2, -0.15) is 15.0 Å². The molecule has 7 nitrogen and oxygen atoms in total. The molecule has 0 bridgehead atoms. The quantitative estimate of drug-likeness (QED) is 0.906. The van der Waals surface area contributed by atoms with E-state index >= 15 is 0 Å². The third kappa shape index (κ3) is 3.18. The first-order chi connectivity index (χ1) is 9.86. The van der Waals surface area contributed by atoms with Gasteiger partial charge in [-0.25, -0.2) is 0 Å². The highest BCUT2D eigenvalue weighted by Gasteiger charge is 2.42. The number of halogens is 1. The molecule has 1 amide bonds. The number of amides is 1. The van der Waals surface area contributed by atoms with Gasteiger partial charge < -0.3 is 15.1 Å². The van der Waals surface area contributed by atoms with Crippen molar-refractivity contribution < 1.29 is 4.79 Å². The fourth-order valence-electron chi connectivity index (χ4n) is 2.34. The van der Waals surface area contributed by atoms with E-state index < -0.39 is 5.54 Å². The molecule has 2 rings (SSSR count). The van der Waals surface area contributed by atoms with Crippen molar-refractivity contribution >= 4 is 29.4 Å². The van der Waals surface area contributed by atoms with Gasteiger partial charge in [0.1, 0.15) is 5.54 Å². The summed E-state index contributed by atoms with van der Waals surface area (Å²) >= 11 is 5.98. The first kappa shape index (κ1) is 15.8. The number of anilines is 2. The van der Waals surface area contributed by atoms with Crippen LogP contribution in [0.25, 0.3) is 0 Å². The largest absolute Gasteiger partial charge is 0.354 e. The van der Waals surface area contributed by atoms with Crippen LogP contribution in [0.2, 0.25) is 5.28 Å². The van der Waals surface area contributed by atoms with Gasteiger partial charge in [-0.15, -0.1) is 0 Å². The zero-order chi connectivity index (χ0) is 15.6. The van der Waals surface area contributed by atoms with Crippen LogP contribution in [0.4, 0.5) is 11.9 Å². The summed E-state index contributed by atoms with van der Waals surface area (Å²) in [6.07, 6.45) is 0.955. The molecule has 8 heteroatoms. The third-order valence-electron chi connectivity index (χ3n) is 3.57. The van der Waals surface area contributed by atoms with E-state index in [0.717, 1.165) is 13.0 Å². The molecule has 1 aromatic heterocycles. The van der Waals surface area contributed by atoms with Crippen LogP contribution in [-0.4, -0.2) is 58.0 Å². The number of rotatable bonds is 4. The second kappa shape index (κ2) is 6.01. The topological polar surface area (TPSA) is 74.2 Å². The highest BCUT2D eigenvalue weighted by molar-refractivity contribution is 6.28. The molecule has 1 saturated heterocycles. The minimum absolute atomic E-state index is 0.0355. The van der Waals surface area contributed by atoms with Gasteiger partial charge in [0.2, 0.25) is 23.1 Å². The van der Waals surface area contributed by atoms with Gasteiger partial charge in [0.25, 0.3) is 0 Å². The Balaban J connectivity index is 2.32. The number of nitrogens with one attached hydrogen (secondary N) is 1. The Hall–Kier alpha value is -1.63. The van der Waals surface area contributed by atoms with E-state index in [2.05, 4.69) is 27.2 Å². The van der Waals surface area contributed by atoms with E-state index in [4.69, 9.17) is 11.6 Å². The van der Waals surface area contributed by atoms with Gasteiger partial charge in [0.05, 0.1) is 0 Å². The Morgan fingerprint density at radius 1 is 1.29 bits per heavy atom. The molecule has 1 aromatic rings. The maximum Gasteiger partial charge on any atom is 0.247 e. The second-order valence-corrected chi connectivity index (χ2v) is 5.93. The number of hydrogen-bond donors (Lipinski definition) is 1. The van der Waals surface area contributed by atoms with Gasteiger partial charge in [-0.1, -0.05) is 6.92 Å². The zero-order valence-corrected chi connectivity index (χ0v) is 13.6. The summed E-state index contributed by atoms with van der Waals surface area (Å²) in [5.74, 6) is 0.905. The molecule has 1 fully saturated rings. The molecule has 0 aliphatic carbocycles. The van der Waals surface area contributed by atoms with Crippen molar-refractivity contribution in [3.05, 3.63) is 5.28 Å². The lowest BCUT2D eigenvalue weighted by Gasteiger charge is -2.44. The fourth-order valence-corrected chi connectivity index (χ4v) is 2.50. The number of piperazine rings is 1. The molecule has 116 valence electrons. The Morgan fingerprint density at radius 3 is 2.67 bits per heavy atom. The Labute approximate surface area is 129 Å². The monoisotopic (exact) mass is 312 g/mol. The van der Waals surface area contributed by atoms with Crippen LogP contribution in [0, 0.1) is 0 Å². The highest BCUT2D eigenvalue weighted by atomic mass is 35.5. The average Bonchev–Trinajstić information content (AvgIpc) is 2.42. The zero-order valence-electron chi connectivity index (χ0n) is 12.9. The molecule has 0 atom stereocenters. The maximum absolute atomic E-state index is 12.3. The number of hydrogen-bond acceptors (Lipinski definition) is 6. The Bertz CT molecular complexity index is 535. The van der Waals surface area contributed by atoms with E-state index in [1.54, 1.807) is 11.9 Å². The molecular weight excluding hydrogens is 292 g/mol. The van der Waals surface area contributed by atoms with Crippen molar-refractivity contribution in [1.82, 2.24) is 19.9 Å². The number of nitrogens with zero attached hydrogens (tertiary/aromatic N) is 5. The summed E-state index contributed by atoms with van der Waals surface area (Å²) in [5.41, 5.74) is -0.709. The van der Waals surface area contributed by atoms with Gasteiger partial charge in [-0.05, 0) is 31.9 Å². The minimum atomic E-state index is -0.709. The molecule has 1 N–H and O–H groups in total. The molecule has 0 unspecified atom stereocenters. The van der Waals surface area contributed by atoms with Gasteiger partial charge in [-0.3, -0.25) is 4.79 Å². The van der Waals surface area contributed by atoms with Crippen LogP contribution < -0.4 is 10.2 Å². The lowest BCUT2D eigenvalue weighted by molar-refractivity contribution is -0.136. The van der Waals surface area contributed by atoms with Crippen molar-refractivity contribution in [2.75, 3.05) is 36.9 Å². The summed E-state index contributed by atoms with van der Waals surface area (Å²) in [4.78, 5) is 28.6. The minimum Gasteiger partial charge on any atom is -0.354 e. The summed E-state index contributed by atoms with van der Waals surface area (Å²) in [5, 5.41) is 3.22. The van der Waals surface area contributed by atoms with Gasteiger partial charge in [0.15, 0.2) is 0 Å². The van der Waals surface area contributed by atoms with Crippen molar-refractivity contribution in [1.29, 1.82) is 0 Å². The van der Waals surface area contributed by atoms with Crippen LogP contribution in [0.15, 0.2) is 0 Å². The molecule has 2 heterocycles. The van der Waals surface area contributed by atoms with Crippen molar-refractivity contribution in [2.24, 2.45) is 0 Å². The number of carbonyl (C=O) groups excluding carboxylic acids is 1. The normalized spacial score (nSPS) is 18.0. The first-order valence-corrected chi connectivity index (χ1v) is 7.42. The van der Waals surface area contributed by atoms with Crippen LogP contribution >= 0.6 is 11.6 Å². The lowest BCUT2D eigenvalue weighted by atomic mass is 9.98. The van der Waals surface area contributed by atoms with Gasteiger partial charge in [0, 0.05) is 26.7 Å². The van der Waals surface area contributed by atoms with E-state index in [1.165, 1.54) is 0 Å². The molecule has 1 aliphatic rings. The molecule has 0 saturated carbocycles. The van der Waals surface area contributed by atoms with Gasteiger partial charge >= 0.3 is 0 Å². The number of likely N-dealkylation sites (N-methyl/N-ethyl adjacent to an activating group) is 1. The smallest absolute Gasteiger partial charge is 0.247 e. The molecule has 0 radical (unpaired) electrons. The Morgan fingerprint density at radius 2 is 2.00 bits per heavy atom. The van der Waals surface area contributed by atoms with Crippen LogP contribution in [-0.2, 0) is 4.79 Å². The summed E-state index contributed by atoms with van der Waals surface area (Å²) in [7, 11) is 1.80. The van der Waals surface area contributed by atoms with E-state index in [9.17, 15) is 4.79 Å². The fraction of sp³-hybridized carbons (Fsp3) is 0.692.